The maximum atomic E-state index is 13.1. The van der Waals surface area contributed by atoms with E-state index in [0.29, 0.717) is 23.0 Å². The fourth-order valence-corrected chi connectivity index (χ4v) is 7.15. The average molecular weight is 590 g/mol. The number of aliphatic hydroxyl groups is 1. The van der Waals surface area contributed by atoms with Gasteiger partial charge in [-0.25, -0.2) is 4.98 Å². The SMILES string of the molecule is CCCCCCCC(=O)Nc1nc(Cl)nc2c1ncn2[C@H]1C[C@H](O)C(OC(=O)C2CCC3(CCCC3)CC2)C(C)O1. The van der Waals surface area contributed by atoms with Gasteiger partial charge in [0, 0.05) is 12.8 Å². The number of hydrogen-bond donors (Lipinski definition) is 2. The highest BCUT2D eigenvalue weighted by molar-refractivity contribution is 6.28. The summed E-state index contributed by atoms with van der Waals surface area (Å²) in [6.45, 7) is 3.96. The molecule has 1 spiro atoms. The second kappa shape index (κ2) is 13.3. The lowest BCUT2D eigenvalue weighted by molar-refractivity contribution is -0.209. The molecule has 2 aromatic heterocycles. The van der Waals surface area contributed by atoms with Crippen molar-refractivity contribution in [3.05, 3.63) is 11.6 Å². The van der Waals surface area contributed by atoms with Crippen LogP contribution in [0.4, 0.5) is 5.82 Å². The summed E-state index contributed by atoms with van der Waals surface area (Å²) in [6.07, 6.45) is 13.6. The molecule has 1 saturated heterocycles. The zero-order valence-corrected chi connectivity index (χ0v) is 25.1. The third-order valence-corrected chi connectivity index (χ3v) is 9.59. The Kier molecular flexibility index (Phi) is 9.81. The van der Waals surface area contributed by atoms with Crippen molar-refractivity contribution in [2.75, 3.05) is 5.32 Å². The number of nitrogens with one attached hydrogen (secondary N) is 1. The van der Waals surface area contributed by atoms with E-state index in [2.05, 4.69) is 27.2 Å². The molecule has 0 aromatic carbocycles. The number of hydrogen-bond acceptors (Lipinski definition) is 8. The zero-order chi connectivity index (χ0) is 29.0. The van der Waals surface area contributed by atoms with Crippen molar-refractivity contribution in [2.45, 2.75) is 135 Å². The third-order valence-electron chi connectivity index (χ3n) is 9.42. The summed E-state index contributed by atoms with van der Waals surface area (Å²) in [6, 6.07) is 0. The van der Waals surface area contributed by atoms with Gasteiger partial charge in [-0.1, -0.05) is 45.4 Å². The van der Waals surface area contributed by atoms with Crippen molar-refractivity contribution in [2.24, 2.45) is 11.3 Å². The van der Waals surface area contributed by atoms with Crippen molar-refractivity contribution in [3.8, 4) is 0 Å². The number of aliphatic hydroxyl groups excluding tert-OH is 1. The maximum absolute atomic E-state index is 13.1. The number of carbonyl (C=O) groups excluding carboxylic acids is 2. The van der Waals surface area contributed by atoms with Crippen LogP contribution in [-0.4, -0.2) is 54.8 Å². The Morgan fingerprint density at radius 3 is 2.59 bits per heavy atom. The monoisotopic (exact) mass is 589 g/mol. The number of rotatable bonds is 10. The number of anilines is 1. The van der Waals surface area contributed by atoms with Crippen molar-refractivity contribution in [3.63, 3.8) is 0 Å². The van der Waals surface area contributed by atoms with Gasteiger partial charge in [-0.05, 0) is 68.9 Å². The van der Waals surface area contributed by atoms with Gasteiger partial charge in [0.2, 0.25) is 11.2 Å². The number of unbranched alkanes of at least 4 members (excludes halogenated alkanes) is 4. The first-order valence-electron chi connectivity index (χ1n) is 15.5. The highest BCUT2D eigenvalue weighted by atomic mass is 35.5. The zero-order valence-electron chi connectivity index (χ0n) is 24.3. The first-order valence-corrected chi connectivity index (χ1v) is 15.9. The first-order chi connectivity index (χ1) is 19.8. The Balaban J connectivity index is 1.19. The van der Waals surface area contributed by atoms with Crippen LogP contribution in [0, 0.1) is 11.3 Å². The van der Waals surface area contributed by atoms with E-state index in [0.717, 1.165) is 51.4 Å². The van der Waals surface area contributed by atoms with Crippen LogP contribution in [0.25, 0.3) is 11.2 Å². The summed E-state index contributed by atoms with van der Waals surface area (Å²) in [5, 5.41) is 13.9. The molecular weight excluding hydrogens is 546 g/mol. The molecule has 226 valence electrons. The topological polar surface area (TPSA) is 128 Å². The van der Waals surface area contributed by atoms with Gasteiger partial charge in [-0.15, -0.1) is 0 Å². The van der Waals surface area contributed by atoms with Crippen LogP contribution in [-0.2, 0) is 19.1 Å². The molecule has 10 nitrogen and oxygen atoms in total. The molecule has 2 N–H and O–H groups in total. The number of amides is 1. The lowest BCUT2D eigenvalue weighted by atomic mass is 9.69. The summed E-state index contributed by atoms with van der Waals surface area (Å²) < 4.78 is 13.8. The average Bonchev–Trinajstić information content (AvgIpc) is 3.58. The van der Waals surface area contributed by atoms with Crippen LogP contribution in [0.5, 0.6) is 0 Å². The maximum Gasteiger partial charge on any atom is 0.309 e. The summed E-state index contributed by atoms with van der Waals surface area (Å²) in [4.78, 5) is 38.6. The molecule has 4 atom stereocenters. The van der Waals surface area contributed by atoms with E-state index < -0.39 is 24.5 Å². The van der Waals surface area contributed by atoms with E-state index in [1.165, 1.54) is 32.1 Å². The lowest BCUT2D eigenvalue weighted by Crippen LogP contribution is -2.48. The van der Waals surface area contributed by atoms with Gasteiger partial charge >= 0.3 is 5.97 Å². The normalized spacial score (nSPS) is 26.4. The highest BCUT2D eigenvalue weighted by Crippen LogP contribution is 2.50. The van der Waals surface area contributed by atoms with E-state index >= 15 is 0 Å². The van der Waals surface area contributed by atoms with Crippen LogP contribution < -0.4 is 5.32 Å². The number of esters is 1. The quantitative estimate of drug-likeness (QED) is 0.193. The standard InChI is InChI=1S/C30H44ClN5O5/c1-3-4-5-6-7-10-22(38)33-26-24-27(35-29(31)34-26)36(18-32-24)23-17-21(37)25(19(2)40-23)41-28(39)20-11-15-30(16-12-20)13-8-9-14-30/h18-21,23,25,37H,3-17H2,1-2H3,(H,33,34,35,38)/t19?,21-,23+,25?/m0/s1. The fraction of sp³-hybridized carbons (Fsp3) is 0.767. The second-order valence-electron chi connectivity index (χ2n) is 12.4. The van der Waals surface area contributed by atoms with Crippen LogP contribution >= 0.6 is 11.6 Å². The summed E-state index contributed by atoms with van der Waals surface area (Å²) in [5.74, 6) is -0.236. The number of nitrogens with zero attached hydrogens (tertiary/aromatic N) is 4. The molecule has 0 radical (unpaired) electrons. The molecule has 2 saturated carbocycles. The molecule has 41 heavy (non-hydrogen) atoms. The predicted molar refractivity (Wildman–Crippen MR) is 155 cm³/mol. The van der Waals surface area contributed by atoms with Crippen molar-refractivity contribution in [1.82, 2.24) is 19.5 Å². The predicted octanol–water partition coefficient (Wildman–Crippen LogP) is 6.11. The van der Waals surface area contributed by atoms with E-state index in [4.69, 9.17) is 21.1 Å². The molecule has 3 fully saturated rings. The Morgan fingerprint density at radius 2 is 1.88 bits per heavy atom. The first kappa shape index (κ1) is 30.2. The molecule has 2 unspecified atom stereocenters. The number of halogens is 1. The van der Waals surface area contributed by atoms with E-state index in [1.54, 1.807) is 17.8 Å². The van der Waals surface area contributed by atoms with Crippen LogP contribution in [0.2, 0.25) is 5.28 Å². The third kappa shape index (κ3) is 7.03. The van der Waals surface area contributed by atoms with E-state index in [9.17, 15) is 14.7 Å². The van der Waals surface area contributed by atoms with Gasteiger partial charge in [0.05, 0.1) is 24.5 Å². The number of ether oxygens (including phenoxy) is 2. The summed E-state index contributed by atoms with van der Waals surface area (Å²) in [5.41, 5.74) is 1.23. The molecule has 1 aliphatic heterocycles. The van der Waals surface area contributed by atoms with Crippen molar-refractivity contribution in [1.29, 1.82) is 0 Å². The minimum absolute atomic E-state index is 0.0272. The van der Waals surface area contributed by atoms with Gasteiger partial charge in [0.15, 0.2) is 23.1 Å². The van der Waals surface area contributed by atoms with Crippen LogP contribution in [0.15, 0.2) is 6.33 Å². The van der Waals surface area contributed by atoms with Gasteiger partial charge in [0.1, 0.15) is 6.23 Å². The number of carbonyl (C=O) groups is 2. The summed E-state index contributed by atoms with van der Waals surface area (Å²) in [7, 11) is 0. The largest absolute Gasteiger partial charge is 0.457 e. The van der Waals surface area contributed by atoms with Gasteiger partial charge < -0.3 is 19.9 Å². The Morgan fingerprint density at radius 1 is 1.15 bits per heavy atom. The smallest absolute Gasteiger partial charge is 0.309 e. The molecule has 0 bridgehead atoms. The Bertz CT molecular complexity index is 1190. The Hall–Kier alpha value is -2.30. The van der Waals surface area contributed by atoms with Crippen LogP contribution in [0.1, 0.15) is 116 Å². The Labute approximate surface area is 246 Å². The minimum atomic E-state index is -0.917. The second-order valence-corrected chi connectivity index (χ2v) is 12.7. The minimum Gasteiger partial charge on any atom is -0.457 e. The van der Waals surface area contributed by atoms with Gasteiger partial charge in [-0.2, -0.15) is 9.97 Å². The molecule has 11 heteroatoms. The lowest BCUT2D eigenvalue weighted by Gasteiger charge is -2.40. The fourth-order valence-electron chi connectivity index (χ4n) is 6.98. The highest BCUT2D eigenvalue weighted by Gasteiger charge is 2.43. The van der Waals surface area contributed by atoms with Crippen LogP contribution in [0.3, 0.4) is 0 Å². The molecule has 2 aromatic rings. The molecule has 5 rings (SSSR count). The van der Waals surface area contributed by atoms with Gasteiger partial charge in [0.25, 0.3) is 0 Å². The molecular formula is C30H44ClN5O5. The van der Waals surface area contributed by atoms with Gasteiger partial charge in [-0.3, -0.25) is 14.2 Å². The van der Waals surface area contributed by atoms with Crippen molar-refractivity contribution < 1.29 is 24.2 Å². The number of imidazole rings is 1. The van der Waals surface area contributed by atoms with E-state index in [1.807, 2.05) is 0 Å². The van der Waals surface area contributed by atoms with Crippen molar-refractivity contribution >= 4 is 40.5 Å². The molecule has 3 aliphatic rings. The molecule has 1 amide bonds. The number of aromatic nitrogens is 4. The van der Waals surface area contributed by atoms with E-state index in [-0.39, 0.29) is 35.3 Å². The number of fused-ring (bicyclic) bond motifs is 1. The molecule has 2 aliphatic carbocycles. The molecule has 3 heterocycles. The summed E-state index contributed by atoms with van der Waals surface area (Å²) >= 11 is 6.23.